The van der Waals surface area contributed by atoms with Gasteiger partial charge in [0.2, 0.25) is 0 Å². The monoisotopic (exact) mass is 448 g/mol. The van der Waals surface area contributed by atoms with Crippen LogP contribution in [0.5, 0.6) is 5.75 Å². The topological polar surface area (TPSA) is 96.7 Å². The Morgan fingerprint density at radius 2 is 1.87 bits per heavy atom. The average Bonchev–Trinajstić information content (AvgIpc) is 2.74. The maximum Gasteiger partial charge on any atom is 0.410 e. The fourth-order valence-corrected chi connectivity index (χ4v) is 4.85. The summed E-state index contributed by atoms with van der Waals surface area (Å²) in [6, 6.07) is 15.5. The van der Waals surface area contributed by atoms with Gasteiger partial charge in [-0.15, -0.1) is 0 Å². The van der Waals surface area contributed by atoms with Gasteiger partial charge in [-0.05, 0) is 42.5 Å². The highest BCUT2D eigenvalue weighted by atomic mass is 35.5. The number of likely N-dealkylation sites (tertiary alicyclic amines) is 1. The number of carbonyl (C=O) groups excluding carboxylic acids is 1. The van der Waals surface area contributed by atoms with Crippen molar-refractivity contribution in [3.8, 4) is 11.8 Å². The summed E-state index contributed by atoms with van der Waals surface area (Å²) in [5.41, 5.74) is 1.22. The van der Waals surface area contributed by atoms with Crippen molar-refractivity contribution >= 4 is 27.8 Å². The van der Waals surface area contributed by atoms with Gasteiger partial charge in [-0.25, -0.2) is 4.79 Å². The van der Waals surface area contributed by atoms with Crippen LogP contribution in [0, 0.1) is 17.2 Å². The van der Waals surface area contributed by atoms with Crippen LogP contribution < -0.4 is 4.18 Å². The van der Waals surface area contributed by atoms with Gasteiger partial charge in [0.25, 0.3) is 0 Å². The minimum Gasteiger partial charge on any atom is -0.445 e. The fraction of sp³-hybridized carbons (Fsp3) is 0.333. The van der Waals surface area contributed by atoms with Crippen molar-refractivity contribution in [3.05, 3.63) is 64.7 Å². The van der Waals surface area contributed by atoms with E-state index in [1.54, 1.807) is 4.90 Å². The molecule has 0 radical (unpaired) electrons. The molecule has 2 aromatic rings. The summed E-state index contributed by atoms with van der Waals surface area (Å²) in [4.78, 5) is 13.8. The highest BCUT2D eigenvalue weighted by molar-refractivity contribution is 7.87. The molecule has 0 N–H and O–H groups in total. The predicted molar refractivity (Wildman–Crippen MR) is 112 cm³/mol. The summed E-state index contributed by atoms with van der Waals surface area (Å²) in [5.74, 6) is -0.307. The van der Waals surface area contributed by atoms with Crippen LogP contribution in [-0.4, -0.2) is 38.3 Å². The zero-order chi connectivity index (χ0) is 21.6. The minimum atomic E-state index is -3.86. The molecule has 0 bridgehead atoms. The molecule has 3 rings (SSSR count). The predicted octanol–water partition coefficient (Wildman–Crippen LogP) is 3.97. The molecule has 0 unspecified atom stereocenters. The van der Waals surface area contributed by atoms with Gasteiger partial charge in [-0.1, -0.05) is 41.9 Å². The first-order valence-electron chi connectivity index (χ1n) is 9.44. The molecule has 158 valence electrons. The Balaban J connectivity index is 1.47. The molecule has 0 aromatic heterocycles. The normalized spacial score (nSPS) is 14.7. The first-order valence-corrected chi connectivity index (χ1v) is 11.4. The molecule has 0 saturated carbocycles. The van der Waals surface area contributed by atoms with E-state index in [1.165, 1.54) is 18.2 Å². The molecule has 1 aliphatic rings. The molecule has 1 saturated heterocycles. The maximum absolute atomic E-state index is 12.4. The van der Waals surface area contributed by atoms with Crippen LogP contribution in [0.4, 0.5) is 4.79 Å². The molecule has 1 heterocycles. The number of rotatable bonds is 6. The summed E-state index contributed by atoms with van der Waals surface area (Å²) in [6.45, 7) is 1.05. The number of hydrogen-bond donors (Lipinski definition) is 0. The third kappa shape index (κ3) is 6.12. The largest absolute Gasteiger partial charge is 0.445 e. The van der Waals surface area contributed by atoms with Crippen molar-refractivity contribution in [2.24, 2.45) is 5.92 Å². The second-order valence-electron chi connectivity index (χ2n) is 7.04. The highest BCUT2D eigenvalue weighted by Crippen LogP contribution is 2.28. The summed E-state index contributed by atoms with van der Waals surface area (Å²) < 4.78 is 35.2. The summed E-state index contributed by atoms with van der Waals surface area (Å²) in [7, 11) is -3.86. The van der Waals surface area contributed by atoms with Crippen molar-refractivity contribution in [1.82, 2.24) is 4.90 Å². The second-order valence-corrected chi connectivity index (χ2v) is 9.06. The van der Waals surface area contributed by atoms with Gasteiger partial charge < -0.3 is 13.8 Å². The SMILES string of the molecule is N#Cc1ccc(OS(=O)(=O)CC2CCN(C(=O)OCc3ccccc3)CC2)c(Cl)c1. The number of carbonyl (C=O) groups is 1. The van der Waals surface area contributed by atoms with E-state index in [0.29, 0.717) is 31.5 Å². The van der Waals surface area contributed by atoms with Gasteiger partial charge in [0, 0.05) is 13.1 Å². The zero-order valence-electron chi connectivity index (χ0n) is 16.2. The van der Waals surface area contributed by atoms with E-state index in [1.807, 2.05) is 36.4 Å². The number of benzene rings is 2. The van der Waals surface area contributed by atoms with Gasteiger partial charge >= 0.3 is 16.2 Å². The summed E-state index contributed by atoms with van der Waals surface area (Å²) in [6.07, 6.45) is 0.662. The first kappa shape index (κ1) is 21.9. The Kier molecular flexibility index (Phi) is 7.19. The Morgan fingerprint density at radius 1 is 1.17 bits per heavy atom. The van der Waals surface area contributed by atoms with Crippen LogP contribution in [-0.2, 0) is 21.5 Å². The third-order valence-electron chi connectivity index (χ3n) is 4.80. The summed E-state index contributed by atoms with van der Waals surface area (Å²) >= 11 is 5.99. The number of halogens is 1. The second kappa shape index (κ2) is 9.83. The molecule has 1 aliphatic heterocycles. The lowest BCUT2D eigenvalue weighted by molar-refractivity contribution is 0.0838. The van der Waals surface area contributed by atoms with E-state index in [-0.39, 0.29) is 29.0 Å². The van der Waals surface area contributed by atoms with E-state index >= 15 is 0 Å². The van der Waals surface area contributed by atoms with Crippen LogP contribution in [0.15, 0.2) is 48.5 Å². The first-order chi connectivity index (χ1) is 14.4. The van der Waals surface area contributed by atoms with Crippen LogP contribution in [0.3, 0.4) is 0 Å². The molecule has 2 aromatic carbocycles. The Morgan fingerprint density at radius 3 is 2.50 bits per heavy atom. The maximum atomic E-state index is 12.4. The van der Waals surface area contributed by atoms with Gasteiger partial charge in [0.15, 0.2) is 5.75 Å². The van der Waals surface area contributed by atoms with Crippen molar-refractivity contribution < 1.29 is 22.1 Å². The van der Waals surface area contributed by atoms with E-state index in [9.17, 15) is 13.2 Å². The molecule has 9 heteroatoms. The lowest BCUT2D eigenvalue weighted by Crippen LogP contribution is -2.40. The molecule has 0 atom stereocenters. The molecular weight excluding hydrogens is 428 g/mol. The average molecular weight is 449 g/mol. The minimum absolute atomic E-state index is 0.00223. The molecule has 7 nitrogen and oxygen atoms in total. The number of nitrogens with zero attached hydrogens (tertiary/aromatic N) is 2. The van der Waals surface area contributed by atoms with E-state index in [0.717, 1.165) is 5.56 Å². The molecule has 1 fully saturated rings. The van der Waals surface area contributed by atoms with Crippen molar-refractivity contribution in [3.63, 3.8) is 0 Å². The Hall–Kier alpha value is -2.76. The van der Waals surface area contributed by atoms with E-state index in [4.69, 9.17) is 25.8 Å². The van der Waals surface area contributed by atoms with Crippen LogP contribution in [0.25, 0.3) is 0 Å². The number of amides is 1. The quantitative estimate of drug-likeness (QED) is 0.620. The van der Waals surface area contributed by atoms with Gasteiger partial charge in [0.05, 0.1) is 22.4 Å². The van der Waals surface area contributed by atoms with Gasteiger partial charge in [-0.2, -0.15) is 13.7 Å². The van der Waals surface area contributed by atoms with Crippen molar-refractivity contribution in [1.29, 1.82) is 5.26 Å². The zero-order valence-corrected chi connectivity index (χ0v) is 17.7. The van der Waals surface area contributed by atoms with Crippen molar-refractivity contribution in [2.45, 2.75) is 19.4 Å². The fourth-order valence-electron chi connectivity index (χ4n) is 3.19. The number of piperidine rings is 1. The number of ether oxygens (including phenoxy) is 1. The number of hydrogen-bond acceptors (Lipinski definition) is 6. The summed E-state index contributed by atoms with van der Waals surface area (Å²) in [5, 5.41) is 8.91. The van der Waals surface area contributed by atoms with E-state index < -0.39 is 16.2 Å². The smallest absolute Gasteiger partial charge is 0.410 e. The lowest BCUT2D eigenvalue weighted by Gasteiger charge is -2.31. The van der Waals surface area contributed by atoms with Crippen LogP contribution in [0.2, 0.25) is 5.02 Å². The Labute approximate surface area is 180 Å². The lowest BCUT2D eigenvalue weighted by atomic mass is 9.99. The molecular formula is C21H21ClN2O5S. The van der Waals surface area contributed by atoms with Gasteiger partial charge in [0.1, 0.15) is 6.61 Å². The van der Waals surface area contributed by atoms with Crippen LogP contribution in [0.1, 0.15) is 24.0 Å². The van der Waals surface area contributed by atoms with Gasteiger partial charge in [-0.3, -0.25) is 0 Å². The molecule has 1 amide bonds. The standard InChI is InChI=1S/C21H21ClN2O5S/c22-19-12-18(13-23)6-7-20(19)29-30(26,27)15-17-8-10-24(11-9-17)21(25)28-14-16-4-2-1-3-5-16/h1-7,12,17H,8-11,14-15H2. The van der Waals surface area contributed by atoms with E-state index in [2.05, 4.69) is 0 Å². The molecule has 0 spiro atoms. The molecule has 30 heavy (non-hydrogen) atoms. The highest BCUT2D eigenvalue weighted by Gasteiger charge is 2.28. The van der Waals surface area contributed by atoms with Crippen LogP contribution >= 0.6 is 11.6 Å². The Bertz CT molecular complexity index is 1030. The van der Waals surface area contributed by atoms with Crippen molar-refractivity contribution in [2.75, 3.05) is 18.8 Å². The molecule has 0 aliphatic carbocycles. The number of nitriles is 1. The third-order valence-corrected chi connectivity index (χ3v) is 6.40.